The van der Waals surface area contributed by atoms with E-state index in [0.717, 1.165) is 63.4 Å². The van der Waals surface area contributed by atoms with E-state index in [1.165, 1.54) is 6.42 Å². The number of hydrogen-bond acceptors (Lipinski definition) is 6. The number of piperazine rings is 1. The molecular formula is C17H30N6O2S. The highest BCUT2D eigenvalue weighted by Gasteiger charge is 2.23. The van der Waals surface area contributed by atoms with Crippen LogP contribution in [0.3, 0.4) is 0 Å². The molecule has 0 N–H and O–H groups in total. The van der Waals surface area contributed by atoms with E-state index in [2.05, 4.69) is 14.9 Å². The van der Waals surface area contributed by atoms with Crippen molar-refractivity contribution in [1.82, 2.24) is 29.0 Å². The molecular weight excluding hydrogens is 352 g/mol. The van der Waals surface area contributed by atoms with Gasteiger partial charge in [0.1, 0.15) is 6.33 Å². The molecule has 3 heterocycles. The first-order valence-electron chi connectivity index (χ1n) is 9.51. The molecule has 8 nitrogen and oxygen atoms in total. The second-order valence-corrected chi connectivity index (χ2v) is 7.44. The van der Waals surface area contributed by atoms with Crippen LogP contribution in [0.5, 0.6) is 0 Å². The van der Waals surface area contributed by atoms with Crippen molar-refractivity contribution in [3.8, 4) is 0 Å². The summed E-state index contributed by atoms with van der Waals surface area (Å²) >= 11 is 5.48. The van der Waals surface area contributed by atoms with Crippen molar-refractivity contribution >= 4 is 18.1 Å². The maximum atomic E-state index is 12.4. The van der Waals surface area contributed by atoms with Gasteiger partial charge >= 0.3 is 0 Å². The monoisotopic (exact) mass is 382 g/mol. The molecule has 0 aliphatic carbocycles. The lowest BCUT2D eigenvalue weighted by Gasteiger charge is -2.35. The number of hydrogen-bond donors (Lipinski definition) is 0. The molecule has 0 unspecified atom stereocenters. The standard InChI is InChI=1S/C17H30N6O2S/c1-25-12-11-22-14-18-23(17(22)26)15-20-9-7-19(8-10-20)13-16(24)21-5-3-2-4-6-21/h14H,2-13,15H2,1H3. The van der Waals surface area contributed by atoms with Gasteiger partial charge in [0.2, 0.25) is 5.91 Å². The molecule has 1 aromatic rings. The number of carbonyl (C=O) groups is 1. The molecule has 2 aliphatic heterocycles. The summed E-state index contributed by atoms with van der Waals surface area (Å²) < 4.78 is 9.62. The van der Waals surface area contributed by atoms with E-state index in [1.807, 2.05) is 14.1 Å². The van der Waals surface area contributed by atoms with E-state index >= 15 is 0 Å². The summed E-state index contributed by atoms with van der Waals surface area (Å²) in [5, 5.41) is 4.40. The number of nitrogens with zero attached hydrogens (tertiary/aromatic N) is 6. The number of carbonyl (C=O) groups excluding carboxylic acids is 1. The molecule has 9 heteroatoms. The SMILES string of the molecule is COCCn1cnn(CN2CCN(CC(=O)N3CCCCC3)CC2)c1=S. The molecule has 0 spiro atoms. The first-order valence-corrected chi connectivity index (χ1v) is 9.92. The van der Waals surface area contributed by atoms with E-state index in [-0.39, 0.29) is 5.91 Å². The summed E-state index contributed by atoms with van der Waals surface area (Å²) in [6.07, 6.45) is 5.33. The minimum atomic E-state index is 0.289. The highest BCUT2D eigenvalue weighted by atomic mass is 32.1. The van der Waals surface area contributed by atoms with Crippen molar-refractivity contribution in [3.05, 3.63) is 11.1 Å². The van der Waals surface area contributed by atoms with Gasteiger partial charge in [-0.3, -0.25) is 14.6 Å². The summed E-state index contributed by atoms with van der Waals surface area (Å²) in [5.41, 5.74) is 0. The minimum Gasteiger partial charge on any atom is -0.383 e. The van der Waals surface area contributed by atoms with E-state index in [0.29, 0.717) is 19.8 Å². The molecule has 1 aromatic heterocycles. The maximum Gasteiger partial charge on any atom is 0.236 e. The number of piperidine rings is 1. The summed E-state index contributed by atoms with van der Waals surface area (Å²) in [5.74, 6) is 0.289. The summed E-state index contributed by atoms with van der Waals surface area (Å²) in [7, 11) is 1.68. The van der Waals surface area contributed by atoms with Crippen LogP contribution in [0.1, 0.15) is 19.3 Å². The number of ether oxygens (including phenoxy) is 1. The summed E-state index contributed by atoms with van der Waals surface area (Å²) in [6.45, 7) is 8.16. The van der Waals surface area contributed by atoms with Gasteiger partial charge in [0.15, 0.2) is 4.77 Å². The number of amides is 1. The third-order valence-electron chi connectivity index (χ3n) is 5.20. The topological polar surface area (TPSA) is 58.8 Å². The summed E-state index contributed by atoms with van der Waals surface area (Å²) in [4.78, 5) is 19.0. The van der Waals surface area contributed by atoms with Crippen LogP contribution < -0.4 is 0 Å². The fourth-order valence-corrected chi connectivity index (χ4v) is 3.77. The second kappa shape index (κ2) is 9.59. The Morgan fingerprint density at radius 2 is 1.81 bits per heavy atom. The Morgan fingerprint density at radius 1 is 1.12 bits per heavy atom. The van der Waals surface area contributed by atoms with Crippen LogP contribution in [0.25, 0.3) is 0 Å². The Hall–Kier alpha value is -1.29. The highest BCUT2D eigenvalue weighted by molar-refractivity contribution is 7.71. The van der Waals surface area contributed by atoms with Crippen LogP contribution in [0.4, 0.5) is 0 Å². The predicted molar refractivity (Wildman–Crippen MR) is 101 cm³/mol. The van der Waals surface area contributed by atoms with Gasteiger partial charge in [-0.05, 0) is 31.5 Å². The number of likely N-dealkylation sites (tertiary alicyclic amines) is 1. The first kappa shape index (κ1) is 19.5. The van der Waals surface area contributed by atoms with Gasteiger partial charge in [0.25, 0.3) is 0 Å². The molecule has 2 saturated heterocycles. The smallest absolute Gasteiger partial charge is 0.236 e. The molecule has 0 aromatic carbocycles. The zero-order valence-electron chi connectivity index (χ0n) is 15.7. The Balaban J connectivity index is 1.43. The number of methoxy groups -OCH3 is 1. The molecule has 26 heavy (non-hydrogen) atoms. The van der Waals surface area contributed by atoms with Gasteiger partial charge < -0.3 is 14.2 Å². The summed E-state index contributed by atoms with van der Waals surface area (Å²) in [6, 6.07) is 0. The Morgan fingerprint density at radius 3 is 2.50 bits per heavy atom. The minimum absolute atomic E-state index is 0.289. The molecule has 1 amide bonds. The maximum absolute atomic E-state index is 12.4. The van der Waals surface area contributed by atoms with Crippen LogP contribution in [-0.4, -0.2) is 94.5 Å². The molecule has 2 aliphatic rings. The Labute approximate surface area is 160 Å². The molecule has 0 saturated carbocycles. The Bertz CT molecular complexity index is 631. The van der Waals surface area contributed by atoms with Gasteiger partial charge in [-0.1, -0.05) is 0 Å². The van der Waals surface area contributed by atoms with Crippen molar-refractivity contribution in [2.24, 2.45) is 0 Å². The van der Waals surface area contributed by atoms with Crippen LogP contribution in [0.2, 0.25) is 0 Å². The lowest BCUT2D eigenvalue weighted by atomic mass is 10.1. The van der Waals surface area contributed by atoms with Crippen molar-refractivity contribution in [2.45, 2.75) is 32.5 Å². The van der Waals surface area contributed by atoms with Crippen molar-refractivity contribution < 1.29 is 9.53 Å². The molecule has 0 bridgehead atoms. The van der Waals surface area contributed by atoms with E-state index < -0.39 is 0 Å². The normalized spacial score (nSPS) is 19.8. The van der Waals surface area contributed by atoms with Crippen molar-refractivity contribution in [2.75, 3.05) is 59.5 Å². The van der Waals surface area contributed by atoms with Crippen LogP contribution in [0.15, 0.2) is 6.33 Å². The zero-order chi connectivity index (χ0) is 18.4. The average Bonchev–Trinajstić information content (AvgIpc) is 3.02. The predicted octanol–water partition coefficient (Wildman–Crippen LogP) is 0.648. The van der Waals surface area contributed by atoms with Crippen LogP contribution >= 0.6 is 12.2 Å². The van der Waals surface area contributed by atoms with Gasteiger partial charge in [0, 0.05) is 52.9 Å². The number of aromatic nitrogens is 3. The third kappa shape index (κ3) is 5.12. The first-order chi connectivity index (χ1) is 12.7. The fourth-order valence-electron chi connectivity index (χ4n) is 3.52. The van der Waals surface area contributed by atoms with Gasteiger partial charge in [0.05, 0.1) is 19.8 Å². The second-order valence-electron chi connectivity index (χ2n) is 7.08. The van der Waals surface area contributed by atoms with E-state index in [9.17, 15) is 4.79 Å². The third-order valence-corrected chi connectivity index (χ3v) is 5.64. The number of rotatable bonds is 7. The van der Waals surface area contributed by atoms with Crippen molar-refractivity contribution in [3.63, 3.8) is 0 Å². The average molecular weight is 383 g/mol. The largest absolute Gasteiger partial charge is 0.383 e. The van der Waals surface area contributed by atoms with Crippen LogP contribution in [0, 0.1) is 4.77 Å². The lowest BCUT2D eigenvalue weighted by molar-refractivity contribution is -0.133. The van der Waals surface area contributed by atoms with Gasteiger partial charge in [-0.15, -0.1) is 0 Å². The lowest BCUT2D eigenvalue weighted by Crippen LogP contribution is -2.50. The van der Waals surface area contributed by atoms with Gasteiger partial charge in [-0.25, -0.2) is 4.68 Å². The zero-order valence-corrected chi connectivity index (χ0v) is 16.5. The van der Waals surface area contributed by atoms with Crippen LogP contribution in [-0.2, 0) is 22.7 Å². The molecule has 2 fully saturated rings. The van der Waals surface area contributed by atoms with E-state index in [4.69, 9.17) is 17.0 Å². The molecule has 3 rings (SSSR count). The van der Waals surface area contributed by atoms with Gasteiger partial charge in [-0.2, -0.15) is 5.10 Å². The molecule has 0 atom stereocenters. The van der Waals surface area contributed by atoms with Crippen molar-refractivity contribution in [1.29, 1.82) is 0 Å². The quantitative estimate of drug-likeness (QED) is 0.646. The molecule has 0 radical (unpaired) electrons. The Kier molecular flexibility index (Phi) is 7.18. The molecule has 146 valence electrons. The fraction of sp³-hybridized carbons (Fsp3) is 0.824. The van der Waals surface area contributed by atoms with E-state index in [1.54, 1.807) is 13.4 Å². The highest BCUT2D eigenvalue weighted by Crippen LogP contribution is 2.10.